The molecule has 7 heteroatoms. The lowest BCUT2D eigenvalue weighted by molar-refractivity contribution is 0.141. The lowest BCUT2D eigenvalue weighted by Gasteiger charge is -2.23. The average Bonchev–Trinajstić information content (AvgIpc) is 3.15. The third-order valence-corrected chi connectivity index (χ3v) is 5.38. The van der Waals surface area contributed by atoms with Gasteiger partial charge in [0.2, 0.25) is 5.72 Å². The van der Waals surface area contributed by atoms with Gasteiger partial charge in [0.1, 0.15) is 18.1 Å². The highest BCUT2D eigenvalue weighted by Crippen LogP contribution is 2.38. The first-order valence-electron chi connectivity index (χ1n) is 10.3. The van der Waals surface area contributed by atoms with Crippen LogP contribution in [0.25, 0.3) is 11.8 Å². The topological polar surface area (TPSA) is 55.5 Å². The monoisotopic (exact) mass is 477 g/mol. The highest BCUT2D eigenvalue weighted by molar-refractivity contribution is 6.30. The first-order valence-corrected chi connectivity index (χ1v) is 11.0. The zero-order valence-corrected chi connectivity index (χ0v) is 19.4. The van der Waals surface area contributed by atoms with Crippen LogP contribution < -0.4 is 4.74 Å². The standard InChI is InChI=1S/C26H21Cl2N3O2/c1-26(33-23-15-13-22(28)14-16-23)24(25(30-31-26)20-7-3-2-4-8-20)18-29-32-17-5-6-19-9-11-21(27)12-10-19/h2-16,18H,17H2,1H3. The van der Waals surface area contributed by atoms with Crippen LogP contribution in [-0.4, -0.2) is 18.5 Å². The molecule has 0 aliphatic carbocycles. The van der Waals surface area contributed by atoms with Crippen molar-refractivity contribution in [3.05, 3.63) is 112 Å². The molecule has 5 nitrogen and oxygen atoms in total. The first-order chi connectivity index (χ1) is 16.0. The number of hydrogen-bond donors (Lipinski definition) is 0. The molecule has 1 aliphatic heterocycles. The number of rotatable bonds is 8. The van der Waals surface area contributed by atoms with E-state index in [9.17, 15) is 0 Å². The van der Waals surface area contributed by atoms with Crippen molar-refractivity contribution in [3.63, 3.8) is 0 Å². The van der Waals surface area contributed by atoms with Gasteiger partial charge in [0.15, 0.2) is 0 Å². The predicted octanol–water partition coefficient (Wildman–Crippen LogP) is 7.68. The van der Waals surface area contributed by atoms with Crippen molar-refractivity contribution < 1.29 is 9.57 Å². The van der Waals surface area contributed by atoms with Crippen LogP contribution in [0.1, 0.15) is 18.1 Å². The normalized spacial score (nSPS) is 17.9. The molecule has 0 aromatic heterocycles. The van der Waals surface area contributed by atoms with Gasteiger partial charge in [-0.05, 0) is 48.0 Å². The molecule has 0 amide bonds. The number of azo groups is 1. The second kappa shape index (κ2) is 10.5. The van der Waals surface area contributed by atoms with E-state index in [2.05, 4.69) is 15.4 Å². The van der Waals surface area contributed by atoms with Crippen molar-refractivity contribution >= 4 is 41.2 Å². The summed E-state index contributed by atoms with van der Waals surface area (Å²) in [7, 11) is 0. The number of ether oxygens (including phenoxy) is 1. The van der Waals surface area contributed by atoms with E-state index in [0.717, 1.165) is 11.1 Å². The van der Waals surface area contributed by atoms with Gasteiger partial charge in [-0.15, -0.1) is 5.11 Å². The summed E-state index contributed by atoms with van der Waals surface area (Å²) in [6.07, 6.45) is 5.42. The van der Waals surface area contributed by atoms with Crippen molar-refractivity contribution in [2.45, 2.75) is 12.6 Å². The molecule has 0 N–H and O–H groups in total. The van der Waals surface area contributed by atoms with Gasteiger partial charge in [0.05, 0.1) is 11.8 Å². The molecule has 4 rings (SSSR count). The Kier molecular flexibility index (Phi) is 7.23. The minimum absolute atomic E-state index is 0.302. The Hall–Kier alpha value is -3.41. The molecule has 0 spiro atoms. The zero-order chi connectivity index (χ0) is 23.1. The maximum atomic E-state index is 6.18. The van der Waals surface area contributed by atoms with Gasteiger partial charge in [0.25, 0.3) is 0 Å². The van der Waals surface area contributed by atoms with Crippen LogP contribution in [0.4, 0.5) is 0 Å². The van der Waals surface area contributed by atoms with Crippen molar-refractivity contribution in [3.8, 4) is 5.75 Å². The quantitative estimate of drug-likeness (QED) is 0.189. The Balaban J connectivity index is 1.51. The molecule has 33 heavy (non-hydrogen) atoms. The van der Waals surface area contributed by atoms with Crippen LogP contribution in [0.15, 0.2) is 106 Å². The van der Waals surface area contributed by atoms with E-state index in [1.165, 1.54) is 0 Å². The van der Waals surface area contributed by atoms with E-state index in [-0.39, 0.29) is 0 Å². The van der Waals surface area contributed by atoms with Crippen LogP contribution in [0, 0.1) is 0 Å². The van der Waals surface area contributed by atoms with Crippen LogP contribution >= 0.6 is 23.2 Å². The molecule has 1 atom stereocenters. The Morgan fingerprint density at radius 1 is 0.909 bits per heavy atom. The van der Waals surface area contributed by atoms with Gasteiger partial charge in [-0.1, -0.05) is 76.9 Å². The van der Waals surface area contributed by atoms with E-state index in [1.807, 2.05) is 73.7 Å². The van der Waals surface area contributed by atoms with E-state index in [0.29, 0.717) is 33.7 Å². The van der Waals surface area contributed by atoms with E-state index in [1.54, 1.807) is 30.5 Å². The maximum absolute atomic E-state index is 6.18. The molecule has 3 aromatic rings. The Morgan fingerprint density at radius 3 is 2.27 bits per heavy atom. The van der Waals surface area contributed by atoms with Crippen LogP contribution in [0.2, 0.25) is 10.0 Å². The molecule has 0 radical (unpaired) electrons. The summed E-state index contributed by atoms with van der Waals surface area (Å²) in [6.45, 7) is 2.14. The predicted molar refractivity (Wildman–Crippen MR) is 134 cm³/mol. The van der Waals surface area contributed by atoms with Crippen molar-refractivity contribution in [2.24, 2.45) is 15.4 Å². The second-order valence-electron chi connectivity index (χ2n) is 7.35. The van der Waals surface area contributed by atoms with Gasteiger partial charge >= 0.3 is 0 Å². The first kappa shape index (κ1) is 22.8. The van der Waals surface area contributed by atoms with Gasteiger partial charge in [0, 0.05) is 22.5 Å². The molecule has 166 valence electrons. The largest absolute Gasteiger partial charge is 0.460 e. The number of oxime groups is 1. The lowest BCUT2D eigenvalue weighted by atomic mass is 10.0. The van der Waals surface area contributed by atoms with Crippen LogP contribution in [0.3, 0.4) is 0 Å². The Morgan fingerprint density at radius 2 is 1.58 bits per heavy atom. The summed E-state index contributed by atoms with van der Waals surface area (Å²) in [5.74, 6) is 0.618. The minimum atomic E-state index is -1.06. The van der Waals surface area contributed by atoms with Crippen molar-refractivity contribution in [1.82, 2.24) is 0 Å². The fourth-order valence-electron chi connectivity index (χ4n) is 3.20. The third-order valence-electron chi connectivity index (χ3n) is 4.88. The minimum Gasteiger partial charge on any atom is -0.460 e. The van der Waals surface area contributed by atoms with E-state index < -0.39 is 5.72 Å². The fourth-order valence-corrected chi connectivity index (χ4v) is 3.46. The van der Waals surface area contributed by atoms with Gasteiger partial charge in [-0.25, -0.2) is 0 Å². The summed E-state index contributed by atoms with van der Waals surface area (Å²) in [6, 6.07) is 24.4. The van der Waals surface area contributed by atoms with Crippen molar-refractivity contribution in [2.75, 3.05) is 6.61 Å². The number of hydrogen-bond acceptors (Lipinski definition) is 5. The third kappa shape index (κ3) is 5.89. The summed E-state index contributed by atoms with van der Waals surface area (Å²) in [4.78, 5) is 5.45. The summed E-state index contributed by atoms with van der Waals surface area (Å²) in [5, 5.41) is 14.3. The highest BCUT2D eigenvalue weighted by Gasteiger charge is 2.38. The average molecular weight is 478 g/mol. The molecule has 0 bridgehead atoms. The van der Waals surface area contributed by atoms with Gasteiger partial charge in [-0.3, -0.25) is 0 Å². The summed E-state index contributed by atoms with van der Waals surface area (Å²) in [5.41, 5.74) is 2.24. The Bertz CT molecular complexity index is 1200. The molecule has 1 unspecified atom stereocenters. The molecular weight excluding hydrogens is 457 g/mol. The highest BCUT2D eigenvalue weighted by atomic mass is 35.5. The Labute approximate surface area is 202 Å². The number of benzene rings is 3. The molecule has 1 aliphatic rings. The number of nitrogens with zero attached hydrogens (tertiary/aromatic N) is 3. The van der Waals surface area contributed by atoms with Crippen LogP contribution in [0.5, 0.6) is 5.75 Å². The molecular formula is C26H21Cl2N3O2. The smallest absolute Gasteiger partial charge is 0.246 e. The van der Waals surface area contributed by atoms with E-state index >= 15 is 0 Å². The van der Waals surface area contributed by atoms with Gasteiger partial charge < -0.3 is 9.57 Å². The SMILES string of the molecule is CC1(Oc2ccc(Cl)cc2)N=NC(c2ccccc2)=C1C=NOCC=Cc1ccc(Cl)cc1. The molecule has 0 fully saturated rings. The fraction of sp³-hybridized carbons (Fsp3) is 0.115. The van der Waals surface area contributed by atoms with Crippen LogP contribution in [-0.2, 0) is 4.84 Å². The molecule has 0 saturated carbocycles. The summed E-state index contributed by atoms with van der Waals surface area (Å²) < 4.78 is 6.18. The summed E-state index contributed by atoms with van der Waals surface area (Å²) >= 11 is 11.9. The van der Waals surface area contributed by atoms with E-state index in [4.69, 9.17) is 32.8 Å². The van der Waals surface area contributed by atoms with Gasteiger partial charge in [-0.2, -0.15) is 5.11 Å². The molecule has 0 saturated heterocycles. The molecule has 3 aromatic carbocycles. The second-order valence-corrected chi connectivity index (χ2v) is 8.22. The lowest BCUT2D eigenvalue weighted by Crippen LogP contribution is -2.31. The number of halogens is 2. The maximum Gasteiger partial charge on any atom is 0.246 e. The van der Waals surface area contributed by atoms with Crippen molar-refractivity contribution in [1.29, 1.82) is 0 Å². The zero-order valence-electron chi connectivity index (χ0n) is 17.9. The molecule has 1 heterocycles.